The summed E-state index contributed by atoms with van der Waals surface area (Å²) in [4.78, 5) is 15.2. The zero-order valence-electron chi connectivity index (χ0n) is 17.6. The van der Waals surface area contributed by atoms with Gasteiger partial charge in [-0.3, -0.25) is 9.48 Å². The number of hydrogen-bond donors (Lipinski definition) is 0. The second kappa shape index (κ2) is 8.55. The van der Waals surface area contributed by atoms with Gasteiger partial charge < -0.3 is 9.64 Å². The first-order valence-corrected chi connectivity index (χ1v) is 11.7. The number of likely N-dealkylation sites (tertiary alicyclic amines) is 1. The zero-order valence-corrected chi connectivity index (χ0v) is 18.4. The van der Waals surface area contributed by atoms with E-state index in [0.29, 0.717) is 42.2 Å². The lowest BCUT2D eigenvalue weighted by Crippen LogP contribution is -2.43. The van der Waals surface area contributed by atoms with E-state index in [1.54, 1.807) is 60.1 Å². The number of nitrogens with zero attached hydrogens (tertiary/aromatic N) is 3. The van der Waals surface area contributed by atoms with E-state index in [9.17, 15) is 13.2 Å². The van der Waals surface area contributed by atoms with Crippen molar-refractivity contribution in [2.75, 3.05) is 20.2 Å². The fraction of sp³-hybridized carbons (Fsp3) is 0.304. The number of ether oxygens (including phenoxy) is 1. The number of aromatic nitrogens is 2. The third-order valence-corrected chi connectivity index (χ3v) is 7.98. The molecule has 0 N–H and O–H groups in total. The van der Waals surface area contributed by atoms with Gasteiger partial charge in [0, 0.05) is 25.7 Å². The predicted molar refractivity (Wildman–Crippen MR) is 118 cm³/mol. The van der Waals surface area contributed by atoms with Gasteiger partial charge in [-0.2, -0.15) is 5.10 Å². The molecule has 0 bridgehead atoms. The highest BCUT2D eigenvalue weighted by Crippen LogP contribution is 2.27. The Bertz CT molecular complexity index is 1180. The van der Waals surface area contributed by atoms with Crippen molar-refractivity contribution >= 4 is 15.7 Å². The summed E-state index contributed by atoms with van der Waals surface area (Å²) in [7, 11) is -0.0450. The van der Waals surface area contributed by atoms with Crippen molar-refractivity contribution in [3.63, 3.8) is 0 Å². The largest absolute Gasteiger partial charge is 0.497 e. The van der Waals surface area contributed by atoms with Gasteiger partial charge in [0.25, 0.3) is 5.91 Å². The monoisotopic (exact) mass is 439 g/mol. The summed E-state index contributed by atoms with van der Waals surface area (Å²) in [6.45, 7) is 0.796. The molecule has 1 aliphatic heterocycles. The van der Waals surface area contributed by atoms with Crippen LogP contribution < -0.4 is 4.74 Å². The fourth-order valence-electron chi connectivity index (χ4n) is 3.92. The molecule has 1 aliphatic rings. The first-order chi connectivity index (χ1) is 14.9. The Morgan fingerprint density at radius 3 is 2.42 bits per heavy atom. The van der Waals surface area contributed by atoms with Crippen LogP contribution in [0.4, 0.5) is 0 Å². The molecule has 162 valence electrons. The summed E-state index contributed by atoms with van der Waals surface area (Å²) in [5.74, 6) is 0.581. The van der Waals surface area contributed by atoms with Gasteiger partial charge in [0.05, 0.1) is 22.9 Å². The van der Waals surface area contributed by atoms with Gasteiger partial charge in [-0.05, 0) is 43.2 Å². The summed E-state index contributed by atoms with van der Waals surface area (Å²) in [6.07, 6.45) is 0.840. The van der Waals surface area contributed by atoms with E-state index in [1.807, 2.05) is 24.3 Å². The number of carbonyl (C=O) groups is 1. The Hall–Kier alpha value is -3.13. The van der Waals surface area contributed by atoms with Crippen LogP contribution in [0.2, 0.25) is 0 Å². The van der Waals surface area contributed by atoms with Crippen molar-refractivity contribution < 1.29 is 17.9 Å². The molecule has 7 nitrogen and oxygen atoms in total. The molecule has 1 amide bonds. The molecule has 3 aromatic rings. The number of methoxy groups -OCH3 is 1. The maximum absolute atomic E-state index is 13.1. The molecular formula is C23H25N3O4S. The van der Waals surface area contributed by atoms with Gasteiger partial charge in [-0.1, -0.05) is 30.3 Å². The molecular weight excluding hydrogens is 414 g/mol. The van der Waals surface area contributed by atoms with Crippen LogP contribution in [0.3, 0.4) is 0 Å². The van der Waals surface area contributed by atoms with Crippen LogP contribution in [0, 0.1) is 0 Å². The molecule has 8 heteroatoms. The second-order valence-corrected chi connectivity index (χ2v) is 9.85. The van der Waals surface area contributed by atoms with Crippen molar-refractivity contribution in [3.8, 4) is 17.0 Å². The van der Waals surface area contributed by atoms with Crippen LogP contribution in [0.1, 0.15) is 23.3 Å². The summed E-state index contributed by atoms with van der Waals surface area (Å²) in [5, 5.41) is 4.01. The van der Waals surface area contributed by atoms with Gasteiger partial charge in [-0.15, -0.1) is 0 Å². The standard InChI is InChI=1S/C23H25N3O4S/c1-25-22(16-21(24-25)17-7-6-8-18(15-17)30-2)23(27)26-13-11-20(12-14-26)31(28,29)19-9-4-3-5-10-19/h3-10,15-16,20H,11-14H2,1-2H3. The number of carbonyl (C=O) groups excluding carboxylic acids is 1. The van der Waals surface area contributed by atoms with Crippen molar-refractivity contribution in [3.05, 3.63) is 66.4 Å². The highest BCUT2D eigenvalue weighted by Gasteiger charge is 2.33. The number of sulfone groups is 1. The molecule has 0 atom stereocenters. The lowest BCUT2D eigenvalue weighted by atomic mass is 10.1. The lowest BCUT2D eigenvalue weighted by molar-refractivity contribution is 0.0714. The maximum Gasteiger partial charge on any atom is 0.272 e. The van der Waals surface area contributed by atoms with Crippen LogP contribution >= 0.6 is 0 Å². The average molecular weight is 440 g/mol. The lowest BCUT2D eigenvalue weighted by Gasteiger charge is -2.31. The molecule has 0 saturated carbocycles. The van der Waals surface area contributed by atoms with Crippen LogP contribution in [0.15, 0.2) is 65.6 Å². The minimum Gasteiger partial charge on any atom is -0.497 e. The molecule has 0 aliphatic carbocycles. The Labute approximate surface area is 182 Å². The number of aryl methyl sites for hydroxylation is 1. The Kier molecular flexibility index (Phi) is 5.82. The van der Waals surface area contributed by atoms with Crippen molar-refractivity contribution in [1.82, 2.24) is 14.7 Å². The first-order valence-electron chi connectivity index (χ1n) is 10.2. The zero-order chi connectivity index (χ0) is 22.0. The minimum absolute atomic E-state index is 0.139. The minimum atomic E-state index is -3.39. The van der Waals surface area contributed by atoms with Crippen molar-refractivity contribution in [2.45, 2.75) is 23.0 Å². The van der Waals surface area contributed by atoms with Gasteiger partial charge in [0.15, 0.2) is 9.84 Å². The van der Waals surface area contributed by atoms with Gasteiger partial charge in [0.1, 0.15) is 11.4 Å². The van der Waals surface area contributed by atoms with Crippen molar-refractivity contribution in [2.24, 2.45) is 7.05 Å². The summed E-state index contributed by atoms with van der Waals surface area (Å²) in [5.41, 5.74) is 2.02. The maximum atomic E-state index is 13.1. The highest BCUT2D eigenvalue weighted by atomic mass is 32.2. The van der Waals surface area contributed by atoms with E-state index in [2.05, 4.69) is 5.10 Å². The number of amides is 1. The average Bonchev–Trinajstić information content (AvgIpc) is 3.21. The van der Waals surface area contributed by atoms with E-state index in [0.717, 1.165) is 11.3 Å². The van der Waals surface area contributed by atoms with Crippen LogP contribution in [0.25, 0.3) is 11.3 Å². The fourth-order valence-corrected chi connectivity index (χ4v) is 5.68. The van der Waals surface area contributed by atoms with Crippen LogP contribution in [-0.2, 0) is 16.9 Å². The van der Waals surface area contributed by atoms with Crippen LogP contribution in [-0.4, -0.2) is 54.5 Å². The number of rotatable bonds is 5. The molecule has 31 heavy (non-hydrogen) atoms. The SMILES string of the molecule is COc1cccc(-c2cc(C(=O)N3CCC(S(=O)(=O)c4ccccc4)CC3)n(C)n2)c1. The smallest absolute Gasteiger partial charge is 0.272 e. The number of benzene rings is 2. The Morgan fingerprint density at radius 2 is 1.74 bits per heavy atom. The second-order valence-electron chi connectivity index (χ2n) is 7.62. The highest BCUT2D eigenvalue weighted by molar-refractivity contribution is 7.92. The molecule has 1 fully saturated rings. The predicted octanol–water partition coefficient (Wildman–Crippen LogP) is 3.17. The Morgan fingerprint density at radius 1 is 1.03 bits per heavy atom. The summed E-state index contributed by atoms with van der Waals surface area (Å²) in [6, 6.07) is 17.8. The molecule has 0 radical (unpaired) electrons. The molecule has 1 aromatic heterocycles. The number of piperidine rings is 1. The molecule has 0 spiro atoms. The Balaban J connectivity index is 1.47. The van der Waals surface area contributed by atoms with E-state index in [1.165, 1.54) is 0 Å². The van der Waals surface area contributed by atoms with E-state index >= 15 is 0 Å². The van der Waals surface area contributed by atoms with Gasteiger partial charge in [0.2, 0.25) is 0 Å². The molecule has 2 aromatic carbocycles. The van der Waals surface area contributed by atoms with E-state index in [4.69, 9.17) is 4.74 Å². The van der Waals surface area contributed by atoms with Gasteiger partial charge in [-0.25, -0.2) is 8.42 Å². The third-order valence-electron chi connectivity index (χ3n) is 5.70. The first kappa shape index (κ1) is 21.1. The van der Waals surface area contributed by atoms with Crippen LogP contribution in [0.5, 0.6) is 5.75 Å². The molecule has 2 heterocycles. The quantitative estimate of drug-likeness (QED) is 0.610. The summed E-state index contributed by atoms with van der Waals surface area (Å²) >= 11 is 0. The van der Waals surface area contributed by atoms with Gasteiger partial charge >= 0.3 is 0 Å². The number of hydrogen-bond acceptors (Lipinski definition) is 5. The molecule has 4 rings (SSSR count). The van der Waals surface area contributed by atoms with Crippen molar-refractivity contribution in [1.29, 1.82) is 0 Å². The van der Waals surface area contributed by atoms with E-state index < -0.39 is 15.1 Å². The summed E-state index contributed by atoms with van der Waals surface area (Å²) < 4.78 is 32.6. The van der Waals surface area contributed by atoms with E-state index in [-0.39, 0.29) is 5.91 Å². The third kappa shape index (κ3) is 4.20. The topological polar surface area (TPSA) is 81.5 Å². The molecule has 0 unspecified atom stereocenters. The molecule has 1 saturated heterocycles. The normalized spacial score (nSPS) is 15.1.